The molecule has 0 spiro atoms. The number of rotatable bonds is 4. The molecule has 0 atom stereocenters. The van der Waals surface area contributed by atoms with Gasteiger partial charge in [-0.25, -0.2) is 4.68 Å². The molecule has 2 aromatic carbocycles. The monoisotopic (exact) mass is 388 g/mol. The molecule has 1 aliphatic rings. The molecule has 7 heteroatoms. The van der Waals surface area contributed by atoms with E-state index in [0.29, 0.717) is 12.3 Å². The Morgan fingerprint density at radius 2 is 1.72 bits per heavy atom. The highest BCUT2D eigenvalue weighted by atomic mass is 16.7. The molecular weight excluding hydrogens is 368 g/mol. The number of aryl methyl sites for hydroxylation is 3. The summed E-state index contributed by atoms with van der Waals surface area (Å²) in [5.41, 5.74) is 7.29. The molecule has 146 valence electrons. The van der Waals surface area contributed by atoms with E-state index in [-0.39, 0.29) is 6.79 Å². The molecule has 0 bridgehead atoms. The van der Waals surface area contributed by atoms with Crippen molar-refractivity contribution in [1.82, 2.24) is 20.2 Å². The van der Waals surface area contributed by atoms with Gasteiger partial charge in [-0.2, -0.15) is 0 Å². The maximum atomic E-state index is 5.51. The van der Waals surface area contributed by atoms with E-state index in [2.05, 4.69) is 48.4 Å². The minimum absolute atomic E-state index is 0.247. The summed E-state index contributed by atoms with van der Waals surface area (Å²) in [5.74, 6) is 2.16. The standard InChI is InChI=1S/C22H20N4O3/c1-13-6-15(3)18(7-14(13)2)20-11-26(25-23-20)10-17-9-19(24-29-17)16-4-5-21-22(8-16)28-12-27-21/h4-9,11H,10,12H2,1-3H3. The smallest absolute Gasteiger partial charge is 0.231 e. The van der Waals surface area contributed by atoms with Crippen LogP contribution in [-0.2, 0) is 6.54 Å². The molecular formula is C22H20N4O3. The lowest BCUT2D eigenvalue weighted by atomic mass is 9.99. The second-order valence-corrected chi connectivity index (χ2v) is 7.30. The van der Waals surface area contributed by atoms with Crippen LogP contribution in [0, 0.1) is 20.8 Å². The molecule has 2 aromatic heterocycles. The van der Waals surface area contributed by atoms with E-state index >= 15 is 0 Å². The van der Waals surface area contributed by atoms with Crippen LogP contribution >= 0.6 is 0 Å². The number of aromatic nitrogens is 4. The van der Waals surface area contributed by atoms with Crippen molar-refractivity contribution in [2.75, 3.05) is 6.79 Å². The summed E-state index contributed by atoms with van der Waals surface area (Å²) in [7, 11) is 0. The summed E-state index contributed by atoms with van der Waals surface area (Å²) in [6, 6.07) is 12.0. The minimum Gasteiger partial charge on any atom is -0.454 e. The number of fused-ring (bicyclic) bond motifs is 1. The van der Waals surface area contributed by atoms with Gasteiger partial charge in [0.15, 0.2) is 17.3 Å². The van der Waals surface area contributed by atoms with Crippen molar-refractivity contribution in [3.05, 3.63) is 65.0 Å². The maximum Gasteiger partial charge on any atom is 0.231 e. The number of hydrogen-bond donors (Lipinski definition) is 0. The van der Waals surface area contributed by atoms with Gasteiger partial charge in [-0.3, -0.25) is 0 Å². The molecule has 29 heavy (non-hydrogen) atoms. The van der Waals surface area contributed by atoms with Gasteiger partial charge in [-0.05, 0) is 61.7 Å². The third-order valence-electron chi connectivity index (χ3n) is 5.20. The summed E-state index contributed by atoms with van der Waals surface area (Å²) >= 11 is 0. The fourth-order valence-corrected chi connectivity index (χ4v) is 3.47. The van der Waals surface area contributed by atoms with Crippen molar-refractivity contribution in [2.45, 2.75) is 27.3 Å². The normalized spacial score (nSPS) is 12.5. The zero-order valence-corrected chi connectivity index (χ0v) is 16.5. The van der Waals surface area contributed by atoms with Gasteiger partial charge in [-0.1, -0.05) is 16.4 Å². The van der Waals surface area contributed by atoms with Gasteiger partial charge in [0.2, 0.25) is 6.79 Å². The van der Waals surface area contributed by atoms with Crippen LogP contribution < -0.4 is 9.47 Å². The van der Waals surface area contributed by atoms with E-state index in [4.69, 9.17) is 14.0 Å². The van der Waals surface area contributed by atoms with E-state index in [1.165, 1.54) is 16.7 Å². The largest absolute Gasteiger partial charge is 0.454 e. The number of nitrogens with zero attached hydrogens (tertiary/aromatic N) is 4. The van der Waals surface area contributed by atoms with Gasteiger partial charge < -0.3 is 14.0 Å². The Labute approximate surface area is 167 Å². The van der Waals surface area contributed by atoms with Crippen molar-refractivity contribution in [2.24, 2.45) is 0 Å². The molecule has 0 N–H and O–H groups in total. The lowest BCUT2D eigenvalue weighted by Crippen LogP contribution is -1.98. The Hall–Kier alpha value is -3.61. The summed E-state index contributed by atoms with van der Waals surface area (Å²) < 4.78 is 18.0. The summed E-state index contributed by atoms with van der Waals surface area (Å²) in [5, 5.41) is 12.8. The first kappa shape index (κ1) is 17.5. The molecule has 4 aromatic rings. The van der Waals surface area contributed by atoms with Gasteiger partial charge >= 0.3 is 0 Å². The van der Waals surface area contributed by atoms with Gasteiger partial charge in [0.25, 0.3) is 0 Å². The van der Waals surface area contributed by atoms with Crippen LogP contribution in [0.4, 0.5) is 0 Å². The average molecular weight is 388 g/mol. The van der Waals surface area contributed by atoms with Gasteiger partial charge in [0.1, 0.15) is 17.9 Å². The van der Waals surface area contributed by atoms with Gasteiger partial charge in [-0.15, -0.1) is 5.10 Å². The van der Waals surface area contributed by atoms with Crippen LogP contribution in [0.5, 0.6) is 11.5 Å². The van der Waals surface area contributed by atoms with Gasteiger partial charge in [0.05, 0.1) is 6.20 Å². The van der Waals surface area contributed by atoms with Crippen LogP contribution in [0.25, 0.3) is 22.5 Å². The molecule has 3 heterocycles. The fourth-order valence-electron chi connectivity index (χ4n) is 3.47. The molecule has 0 saturated heterocycles. The van der Waals surface area contributed by atoms with Crippen LogP contribution in [0.15, 0.2) is 47.1 Å². The van der Waals surface area contributed by atoms with E-state index in [1.54, 1.807) is 4.68 Å². The Kier molecular flexibility index (Phi) is 4.08. The SMILES string of the molecule is Cc1cc(C)c(-c2cn(Cc3cc(-c4ccc5c(c4)OCO5)no3)nn2)cc1C. The second kappa shape index (κ2) is 6.77. The Bertz CT molecular complexity index is 1210. The van der Waals surface area contributed by atoms with E-state index in [0.717, 1.165) is 34.0 Å². The van der Waals surface area contributed by atoms with Crippen LogP contribution in [0.2, 0.25) is 0 Å². The third-order valence-corrected chi connectivity index (χ3v) is 5.20. The molecule has 0 aliphatic carbocycles. The summed E-state index contributed by atoms with van der Waals surface area (Å²) in [6.45, 7) is 7.01. The highest BCUT2D eigenvalue weighted by Crippen LogP contribution is 2.35. The van der Waals surface area contributed by atoms with Crippen molar-refractivity contribution >= 4 is 0 Å². The molecule has 0 saturated carbocycles. The summed E-state index contributed by atoms with van der Waals surface area (Å²) in [6.07, 6.45) is 1.93. The lowest BCUT2D eigenvalue weighted by molar-refractivity contribution is 0.174. The summed E-state index contributed by atoms with van der Waals surface area (Å²) in [4.78, 5) is 0. The predicted molar refractivity (Wildman–Crippen MR) is 107 cm³/mol. The highest BCUT2D eigenvalue weighted by Gasteiger charge is 2.16. The molecule has 7 nitrogen and oxygen atoms in total. The van der Waals surface area contributed by atoms with E-state index < -0.39 is 0 Å². The minimum atomic E-state index is 0.247. The zero-order chi connectivity index (χ0) is 20.0. The maximum absolute atomic E-state index is 5.51. The Morgan fingerprint density at radius 3 is 2.62 bits per heavy atom. The first-order chi connectivity index (χ1) is 14.1. The van der Waals surface area contributed by atoms with Gasteiger partial charge in [0, 0.05) is 17.2 Å². The lowest BCUT2D eigenvalue weighted by Gasteiger charge is -2.06. The van der Waals surface area contributed by atoms with Crippen molar-refractivity contribution in [3.8, 4) is 34.0 Å². The van der Waals surface area contributed by atoms with Crippen molar-refractivity contribution in [1.29, 1.82) is 0 Å². The van der Waals surface area contributed by atoms with E-state index in [9.17, 15) is 0 Å². The average Bonchev–Trinajstić information content (AvgIpc) is 3.45. The first-order valence-corrected chi connectivity index (χ1v) is 9.41. The van der Waals surface area contributed by atoms with Crippen molar-refractivity contribution < 1.29 is 14.0 Å². The highest BCUT2D eigenvalue weighted by molar-refractivity contribution is 5.65. The van der Waals surface area contributed by atoms with Crippen LogP contribution in [0.3, 0.4) is 0 Å². The zero-order valence-electron chi connectivity index (χ0n) is 16.5. The fraction of sp³-hybridized carbons (Fsp3) is 0.227. The second-order valence-electron chi connectivity index (χ2n) is 7.30. The number of hydrogen-bond acceptors (Lipinski definition) is 6. The topological polar surface area (TPSA) is 75.2 Å². The predicted octanol–water partition coefficient (Wildman–Crippen LogP) is 4.30. The molecule has 0 amide bonds. The number of ether oxygens (including phenoxy) is 2. The molecule has 0 unspecified atom stereocenters. The third kappa shape index (κ3) is 3.24. The van der Waals surface area contributed by atoms with Crippen molar-refractivity contribution in [3.63, 3.8) is 0 Å². The van der Waals surface area contributed by atoms with Crippen LogP contribution in [-0.4, -0.2) is 26.9 Å². The quantitative estimate of drug-likeness (QED) is 0.519. The van der Waals surface area contributed by atoms with E-state index in [1.807, 2.05) is 30.5 Å². The molecule has 5 rings (SSSR count). The first-order valence-electron chi connectivity index (χ1n) is 9.41. The molecule has 0 fully saturated rings. The molecule has 0 radical (unpaired) electrons. The number of benzene rings is 2. The molecule has 1 aliphatic heterocycles. The Balaban J connectivity index is 1.37. The van der Waals surface area contributed by atoms with Crippen LogP contribution in [0.1, 0.15) is 22.5 Å². The Morgan fingerprint density at radius 1 is 0.897 bits per heavy atom.